The first-order valence-electron chi connectivity index (χ1n) is 12.8. The highest BCUT2D eigenvalue weighted by molar-refractivity contribution is 5.96. The Morgan fingerprint density at radius 3 is 1.79 bits per heavy atom. The second-order valence-corrected chi connectivity index (χ2v) is 9.24. The molecule has 0 aliphatic heterocycles. The third-order valence-electron chi connectivity index (χ3n) is 5.91. The molecule has 0 aromatic heterocycles. The molecule has 14 heteroatoms. The predicted molar refractivity (Wildman–Crippen MR) is 143 cm³/mol. The molecule has 0 saturated heterocycles. The molecule has 0 bridgehead atoms. The van der Waals surface area contributed by atoms with E-state index in [1.165, 1.54) is 24.3 Å². The topological polar surface area (TPSA) is 266 Å². The van der Waals surface area contributed by atoms with Crippen LogP contribution in [0, 0.1) is 0 Å². The fourth-order valence-electron chi connectivity index (χ4n) is 3.70. The molecule has 0 spiro atoms. The summed E-state index contributed by atoms with van der Waals surface area (Å²) in [6, 6.07) is 0.877. The van der Waals surface area contributed by atoms with Crippen molar-refractivity contribution in [2.75, 3.05) is 13.1 Å². The van der Waals surface area contributed by atoms with E-state index in [1.807, 2.05) is 0 Å². The number of amides is 4. The van der Waals surface area contributed by atoms with Crippen molar-refractivity contribution in [2.45, 2.75) is 75.5 Å². The zero-order valence-corrected chi connectivity index (χ0v) is 21.9. The summed E-state index contributed by atoms with van der Waals surface area (Å²) in [6.45, 7) is 0.824. The van der Waals surface area contributed by atoms with Crippen molar-refractivity contribution in [1.29, 1.82) is 0 Å². The third kappa shape index (κ3) is 13.0. The van der Waals surface area contributed by atoms with Gasteiger partial charge < -0.3 is 49.1 Å². The van der Waals surface area contributed by atoms with E-state index in [1.54, 1.807) is 0 Å². The van der Waals surface area contributed by atoms with Crippen molar-refractivity contribution < 1.29 is 34.2 Å². The number of carboxylic acid groups (broad SMARTS) is 1. The number of hydrogen-bond donors (Lipinski definition) is 9. The van der Waals surface area contributed by atoms with Crippen LogP contribution in [0.25, 0.3) is 0 Å². The summed E-state index contributed by atoms with van der Waals surface area (Å²) in [5, 5.41) is 26.3. The summed E-state index contributed by atoms with van der Waals surface area (Å²) in [5.41, 5.74) is 22.7. The molecule has 0 fully saturated rings. The number of nitrogens with two attached hydrogens (primary N) is 4. The highest BCUT2D eigenvalue weighted by atomic mass is 16.4. The van der Waals surface area contributed by atoms with E-state index in [2.05, 4.69) is 16.0 Å². The smallest absolute Gasteiger partial charge is 0.326 e. The minimum absolute atomic E-state index is 0.0106. The van der Waals surface area contributed by atoms with Crippen molar-refractivity contribution >= 4 is 29.6 Å². The number of nitrogens with one attached hydrogen (secondary N) is 3. The molecule has 0 saturated carbocycles. The van der Waals surface area contributed by atoms with Crippen LogP contribution < -0.4 is 38.9 Å². The maximum absolute atomic E-state index is 13.1. The lowest BCUT2D eigenvalue weighted by Gasteiger charge is -2.25. The molecule has 0 aliphatic carbocycles. The van der Waals surface area contributed by atoms with E-state index < -0.39 is 60.2 Å². The standard InChI is InChI=1S/C25H41N7O7/c26-11-3-1-5-17(28)22(35)30-18(6-2-4-12-27)23(36)31-19(14-21(29)34)24(37)32-20(25(38)39)13-15-7-9-16(33)10-8-15/h7-10,17-20,33H,1-6,11-14,26-28H2,(H2,29,34)(H,30,35)(H,31,36)(H,32,37)(H,38,39). The van der Waals surface area contributed by atoms with Gasteiger partial charge in [0.05, 0.1) is 12.5 Å². The molecule has 1 aromatic rings. The summed E-state index contributed by atoms with van der Waals surface area (Å²) in [6.07, 6.45) is 2.20. The van der Waals surface area contributed by atoms with Gasteiger partial charge in [0, 0.05) is 6.42 Å². The van der Waals surface area contributed by atoms with Crippen LogP contribution in [0.3, 0.4) is 0 Å². The molecule has 14 nitrogen and oxygen atoms in total. The molecule has 13 N–H and O–H groups in total. The number of carbonyl (C=O) groups is 5. The molecular weight excluding hydrogens is 510 g/mol. The molecule has 0 radical (unpaired) electrons. The second kappa shape index (κ2) is 17.7. The van der Waals surface area contributed by atoms with E-state index in [-0.39, 0.29) is 18.6 Å². The number of aromatic hydroxyl groups is 1. The minimum atomic E-state index is -1.50. The Labute approximate surface area is 227 Å². The zero-order chi connectivity index (χ0) is 29.4. The summed E-state index contributed by atoms with van der Waals surface area (Å²) in [7, 11) is 0. The molecular formula is C25H41N7O7. The normalized spacial score (nSPS) is 13.9. The molecule has 39 heavy (non-hydrogen) atoms. The monoisotopic (exact) mass is 551 g/mol. The highest BCUT2D eigenvalue weighted by Crippen LogP contribution is 2.12. The number of unbranched alkanes of at least 4 members (excludes halogenated alkanes) is 2. The van der Waals surface area contributed by atoms with Crippen LogP contribution in [0.15, 0.2) is 24.3 Å². The Morgan fingerprint density at radius 2 is 1.26 bits per heavy atom. The van der Waals surface area contributed by atoms with Crippen LogP contribution in [-0.4, -0.2) is 77.1 Å². The number of primary amides is 1. The fraction of sp³-hybridized carbons (Fsp3) is 0.560. The lowest BCUT2D eigenvalue weighted by atomic mass is 10.0. The quantitative estimate of drug-likeness (QED) is 0.0848. The number of carboxylic acids is 1. The van der Waals surface area contributed by atoms with Gasteiger partial charge in [-0.05, 0) is 62.9 Å². The Balaban J connectivity index is 2.98. The number of aliphatic carboxylic acids is 1. The van der Waals surface area contributed by atoms with Crippen molar-refractivity contribution in [3.05, 3.63) is 29.8 Å². The van der Waals surface area contributed by atoms with Crippen molar-refractivity contribution in [2.24, 2.45) is 22.9 Å². The number of phenols is 1. The third-order valence-corrected chi connectivity index (χ3v) is 5.91. The van der Waals surface area contributed by atoms with Gasteiger partial charge in [0.2, 0.25) is 23.6 Å². The van der Waals surface area contributed by atoms with Gasteiger partial charge in [-0.15, -0.1) is 0 Å². The van der Waals surface area contributed by atoms with Crippen LogP contribution in [0.5, 0.6) is 5.75 Å². The number of phenolic OH excluding ortho intramolecular Hbond substituents is 1. The van der Waals surface area contributed by atoms with Crippen molar-refractivity contribution in [1.82, 2.24) is 16.0 Å². The highest BCUT2D eigenvalue weighted by Gasteiger charge is 2.31. The van der Waals surface area contributed by atoms with Gasteiger partial charge in [-0.3, -0.25) is 19.2 Å². The van der Waals surface area contributed by atoms with Crippen molar-refractivity contribution in [3.8, 4) is 5.75 Å². The summed E-state index contributed by atoms with van der Waals surface area (Å²) in [4.78, 5) is 62.1. The molecule has 4 unspecified atom stereocenters. The average molecular weight is 552 g/mol. The fourth-order valence-corrected chi connectivity index (χ4v) is 3.70. The first-order chi connectivity index (χ1) is 18.5. The van der Waals surface area contributed by atoms with Crippen molar-refractivity contribution in [3.63, 3.8) is 0 Å². The van der Waals surface area contributed by atoms with Crippen LogP contribution in [-0.2, 0) is 30.4 Å². The van der Waals surface area contributed by atoms with E-state index in [9.17, 15) is 34.2 Å². The van der Waals surface area contributed by atoms with Crippen LogP contribution in [0.4, 0.5) is 0 Å². The maximum Gasteiger partial charge on any atom is 0.326 e. The van der Waals surface area contributed by atoms with Gasteiger partial charge in [0.1, 0.15) is 23.9 Å². The molecule has 0 heterocycles. The Bertz CT molecular complexity index is 959. The van der Waals surface area contributed by atoms with E-state index >= 15 is 0 Å². The number of benzene rings is 1. The molecule has 218 valence electrons. The van der Waals surface area contributed by atoms with Gasteiger partial charge in [-0.25, -0.2) is 4.79 Å². The van der Waals surface area contributed by atoms with Crippen LogP contribution >= 0.6 is 0 Å². The molecule has 0 aliphatic rings. The number of rotatable bonds is 19. The molecule has 1 rings (SSSR count). The van der Waals surface area contributed by atoms with Gasteiger partial charge >= 0.3 is 5.97 Å². The van der Waals surface area contributed by atoms with Crippen LogP contribution in [0.2, 0.25) is 0 Å². The number of hydrogen-bond acceptors (Lipinski definition) is 9. The van der Waals surface area contributed by atoms with Gasteiger partial charge in [-0.1, -0.05) is 18.6 Å². The first kappa shape index (κ1) is 33.3. The molecule has 4 atom stereocenters. The zero-order valence-electron chi connectivity index (χ0n) is 21.9. The van der Waals surface area contributed by atoms with Gasteiger partial charge in [-0.2, -0.15) is 0 Å². The van der Waals surface area contributed by atoms with E-state index in [0.717, 1.165) is 0 Å². The Kier molecular flexibility index (Phi) is 15.1. The summed E-state index contributed by atoms with van der Waals surface area (Å²) < 4.78 is 0. The Hall–Kier alpha value is -3.75. The van der Waals surface area contributed by atoms with E-state index in [0.29, 0.717) is 50.8 Å². The lowest BCUT2D eigenvalue weighted by Crippen LogP contribution is -2.58. The molecule has 4 amide bonds. The minimum Gasteiger partial charge on any atom is -0.508 e. The predicted octanol–water partition coefficient (Wildman–Crippen LogP) is -2.07. The summed E-state index contributed by atoms with van der Waals surface area (Å²) in [5.74, 6) is -4.54. The first-order valence-corrected chi connectivity index (χ1v) is 12.8. The summed E-state index contributed by atoms with van der Waals surface area (Å²) >= 11 is 0. The van der Waals surface area contributed by atoms with Crippen LogP contribution in [0.1, 0.15) is 50.5 Å². The average Bonchev–Trinajstić information content (AvgIpc) is 2.88. The second-order valence-electron chi connectivity index (χ2n) is 9.24. The Morgan fingerprint density at radius 1 is 0.744 bits per heavy atom. The van der Waals surface area contributed by atoms with Gasteiger partial charge in [0.25, 0.3) is 0 Å². The number of carbonyl (C=O) groups excluding carboxylic acids is 4. The maximum atomic E-state index is 13.1. The van der Waals surface area contributed by atoms with E-state index in [4.69, 9.17) is 22.9 Å². The molecule has 1 aromatic carbocycles. The van der Waals surface area contributed by atoms with Gasteiger partial charge in [0.15, 0.2) is 0 Å². The largest absolute Gasteiger partial charge is 0.508 e. The lowest BCUT2D eigenvalue weighted by molar-refractivity contribution is -0.142. The SMILES string of the molecule is NCCCCC(N)C(=O)NC(CCCCN)C(=O)NC(CC(N)=O)C(=O)NC(Cc1ccc(O)cc1)C(=O)O.